The van der Waals surface area contributed by atoms with Crippen molar-refractivity contribution < 1.29 is 42.5 Å². The highest BCUT2D eigenvalue weighted by Gasteiger charge is 2.80. The number of esters is 1. The first kappa shape index (κ1) is 25.0. The number of hydrogen-bond acceptors (Lipinski definition) is 7. The number of carbonyl (C=O) groups excluding carboxylic acids is 3. The van der Waals surface area contributed by atoms with Crippen LogP contribution in [0.3, 0.4) is 0 Å². The van der Waals surface area contributed by atoms with E-state index in [0.29, 0.717) is 0 Å². The van der Waals surface area contributed by atoms with Gasteiger partial charge in [-0.2, -0.15) is 0 Å². The van der Waals surface area contributed by atoms with Crippen LogP contribution in [0.15, 0.2) is 11.6 Å². The van der Waals surface area contributed by atoms with Gasteiger partial charge in [0.05, 0.1) is 12.2 Å². The maximum absolute atomic E-state index is 17.3. The normalized spacial score (nSPS) is 49.9. The van der Waals surface area contributed by atoms with Crippen molar-refractivity contribution in [2.24, 2.45) is 22.7 Å². The first-order valence-electron chi connectivity index (χ1n) is 12.4. The highest BCUT2D eigenvalue weighted by atomic mass is 19.1. The van der Waals surface area contributed by atoms with Gasteiger partial charge in [-0.1, -0.05) is 13.8 Å². The van der Waals surface area contributed by atoms with Crippen molar-refractivity contribution in [2.75, 3.05) is 6.61 Å². The zero-order chi connectivity index (χ0) is 25.8. The highest BCUT2D eigenvalue weighted by molar-refractivity contribution is 5.93. The van der Waals surface area contributed by atoms with Gasteiger partial charge >= 0.3 is 5.97 Å². The van der Waals surface area contributed by atoms with Gasteiger partial charge in [-0.05, 0) is 57.1 Å². The van der Waals surface area contributed by atoms with Crippen LogP contribution in [0, 0.1) is 22.7 Å². The van der Waals surface area contributed by atoms with Gasteiger partial charge < -0.3 is 19.3 Å². The van der Waals surface area contributed by atoms with E-state index in [1.807, 2.05) is 0 Å². The van der Waals surface area contributed by atoms with Crippen LogP contribution in [0.1, 0.15) is 66.7 Å². The Hall–Kier alpha value is -1.71. The number of Topliss-reactive ketones (excluding diaryl/α,β-unsaturated/α-hetero) is 1. The first-order chi connectivity index (χ1) is 16.1. The average Bonchev–Trinajstić information content (AvgIpc) is 3.16. The Morgan fingerprint density at radius 1 is 1.20 bits per heavy atom. The van der Waals surface area contributed by atoms with Crippen LogP contribution in [-0.2, 0) is 28.6 Å². The Kier molecular flexibility index (Phi) is 5.29. The quantitative estimate of drug-likeness (QED) is 0.599. The zero-order valence-electron chi connectivity index (χ0n) is 20.9. The Bertz CT molecular complexity index is 1030. The van der Waals surface area contributed by atoms with E-state index in [-0.39, 0.29) is 43.5 Å². The summed E-state index contributed by atoms with van der Waals surface area (Å²) in [6.45, 7) is 7.42. The molecule has 5 rings (SSSR count). The molecule has 0 bridgehead atoms. The van der Waals surface area contributed by atoms with Crippen LogP contribution in [0.5, 0.6) is 0 Å². The topological polar surface area (TPSA) is 99.1 Å². The van der Waals surface area contributed by atoms with Gasteiger partial charge in [0, 0.05) is 30.1 Å². The second-order valence-corrected chi connectivity index (χ2v) is 12.0. The maximum Gasteiger partial charge on any atom is 0.303 e. The molecule has 7 nitrogen and oxygen atoms in total. The molecular weight excluding hydrogens is 462 g/mol. The Morgan fingerprint density at radius 2 is 1.89 bits per heavy atom. The number of allylic oxidation sites excluding steroid dienone is 1. The third kappa shape index (κ3) is 3.01. The summed E-state index contributed by atoms with van der Waals surface area (Å²) in [5.41, 5.74) is -6.06. The van der Waals surface area contributed by atoms with E-state index in [9.17, 15) is 19.5 Å². The molecular formula is C26H34F2O7. The number of hydrogen-bond donors (Lipinski definition) is 1. The van der Waals surface area contributed by atoms with Crippen molar-refractivity contribution in [3.63, 3.8) is 0 Å². The van der Waals surface area contributed by atoms with Crippen LogP contribution in [-0.4, -0.2) is 64.7 Å². The van der Waals surface area contributed by atoms with E-state index in [1.165, 1.54) is 13.0 Å². The molecule has 5 aliphatic rings. The first-order valence-corrected chi connectivity index (χ1v) is 12.4. The fraction of sp³-hybridized carbons (Fsp3) is 0.808. The monoisotopic (exact) mass is 496 g/mol. The summed E-state index contributed by atoms with van der Waals surface area (Å²) in [6, 6.07) is 0. The van der Waals surface area contributed by atoms with Gasteiger partial charge in [-0.15, -0.1) is 0 Å². The lowest BCUT2D eigenvalue weighted by atomic mass is 9.43. The smallest absolute Gasteiger partial charge is 0.303 e. The minimum atomic E-state index is -2.18. The van der Waals surface area contributed by atoms with E-state index < -0.39 is 76.5 Å². The third-order valence-electron chi connectivity index (χ3n) is 9.84. The summed E-state index contributed by atoms with van der Waals surface area (Å²) >= 11 is 0. The number of alkyl halides is 2. The second-order valence-electron chi connectivity index (χ2n) is 12.0. The standard InChI is InChI=1S/C26H34F2O7/c1-13(29)33-12-20(32)26-21(34-22(2,3)35-26)10-15-16-9-18(27)17-8-14(30)6-7-23(17,4)25(16,28)19(31)11-24(15,26)5/h8,15-16,18-19,21,31H,6-7,9-12H2,1-5H3/t15-,16-,18-,19-,21+,23-,24-,25+,26+/m0/s1. The fourth-order valence-corrected chi connectivity index (χ4v) is 8.43. The molecule has 0 radical (unpaired) electrons. The number of halogens is 2. The van der Waals surface area contributed by atoms with Crippen LogP contribution in [0.2, 0.25) is 0 Å². The number of carbonyl (C=O) groups is 3. The minimum Gasteiger partial charge on any atom is -0.458 e. The van der Waals surface area contributed by atoms with Crippen LogP contribution in [0.25, 0.3) is 0 Å². The summed E-state index contributed by atoms with van der Waals surface area (Å²) in [4.78, 5) is 37.2. The molecule has 9 atom stereocenters. The van der Waals surface area contributed by atoms with Crippen LogP contribution in [0.4, 0.5) is 8.78 Å². The van der Waals surface area contributed by atoms with Gasteiger partial charge in [0.25, 0.3) is 0 Å². The van der Waals surface area contributed by atoms with Gasteiger partial charge in [0.2, 0.25) is 5.78 Å². The molecule has 0 unspecified atom stereocenters. The molecule has 194 valence electrons. The molecule has 35 heavy (non-hydrogen) atoms. The molecule has 3 saturated carbocycles. The van der Waals surface area contributed by atoms with Crippen molar-refractivity contribution in [1.82, 2.24) is 0 Å². The summed E-state index contributed by atoms with van der Waals surface area (Å²) in [5.74, 6) is -3.93. The largest absolute Gasteiger partial charge is 0.458 e. The van der Waals surface area contributed by atoms with Crippen molar-refractivity contribution in [3.05, 3.63) is 11.6 Å². The molecule has 4 fully saturated rings. The summed E-state index contributed by atoms with van der Waals surface area (Å²) < 4.78 is 50.4. The number of fused-ring (bicyclic) bond motifs is 7. The number of ether oxygens (including phenoxy) is 3. The van der Waals surface area contributed by atoms with Crippen LogP contribution >= 0.6 is 0 Å². The Morgan fingerprint density at radius 3 is 2.54 bits per heavy atom. The minimum absolute atomic E-state index is 0.0909. The van der Waals surface area contributed by atoms with E-state index in [0.717, 1.165) is 0 Å². The molecule has 4 aliphatic carbocycles. The van der Waals surface area contributed by atoms with Gasteiger partial charge in [-0.3, -0.25) is 14.4 Å². The highest BCUT2D eigenvalue weighted by Crippen LogP contribution is 2.73. The summed E-state index contributed by atoms with van der Waals surface area (Å²) in [7, 11) is 0. The van der Waals surface area contributed by atoms with Crippen molar-refractivity contribution in [1.29, 1.82) is 0 Å². The number of aliphatic hydroxyl groups is 1. The molecule has 1 heterocycles. The number of rotatable bonds is 3. The molecule has 1 aliphatic heterocycles. The maximum atomic E-state index is 17.3. The average molecular weight is 497 g/mol. The molecule has 0 spiro atoms. The van der Waals surface area contributed by atoms with E-state index in [2.05, 4.69) is 0 Å². The van der Waals surface area contributed by atoms with Gasteiger partial charge in [0.15, 0.2) is 23.8 Å². The predicted octanol–water partition coefficient (Wildman–Crippen LogP) is 3.16. The molecule has 1 N–H and O–H groups in total. The van der Waals surface area contributed by atoms with Crippen LogP contribution < -0.4 is 0 Å². The lowest BCUT2D eigenvalue weighted by Gasteiger charge is -2.64. The Labute approximate surface area is 203 Å². The SMILES string of the molecule is CC(=O)OCC(=O)[C@@]12OC(C)(C)O[C@@H]1C[C@H]1[C@@H]3C[C@H](F)C4=CC(=O)CC[C@]4(C)[C@]3(F)[C@@H](O)C[C@@]12C. The zero-order valence-corrected chi connectivity index (χ0v) is 20.9. The summed E-state index contributed by atoms with van der Waals surface area (Å²) in [6.07, 6.45) is -2.44. The van der Waals surface area contributed by atoms with E-state index >= 15 is 8.78 Å². The van der Waals surface area contributed by atoms with Gasteiger partial charge in [0.1, 0.15) is 11.8 Å². The molecule has 0 aromatic carbocycles. The molecule has 9 heteroatoms. The molecule has 0 aromatic heterocycles. The van der Waals surface area contributed by atoms with E-state index in [4.69, 9.17) is 14.2 Å². The second kappa shape index (κ2) is 7.42. The number of ketones is 2. The summed E-state index contributed by atoms with van der Waals surface area (Å²) in [5, 5.41) is 11.5. The lowest BCUT2D eigenvalue weighted by Crippen LogP contribution is -2.71. The van der Waals surface area contributed by atoms with Crippen molar-refractivity contribution in [2.45, 2.75) is 102 Å². The number of aliphatic hydroxyl groups excluding tert-OH is 1. The molecule has 1 saturated heterocycles. The predicted molar refractivity (Wildman–Crippen MR) is 119 cm³/mol. The molecule has 0 amide bonds. The van der Waals surface area contributed by atoms with Gasteiger partial charge in [-0.25, -0.2) is 8.78 Å². The molecule has 0 aromatic rings. The fourth-order valence-electron chi connectivity index (χ4n) is 8.43. The lowest BCUT2D eigenvalue weighted by molar-refractivity contribution is -0.254. The third-order valence-corrected chi connectivity index (χ3v) is 9.84. The van der Waals surface area contributed by atoms with Crippen molar-refractivity contribution >= 4 is 17.5 Å². The Balaban J connectivity index is 1.61. The van der Waals surface area contributed by atoms with Crippen molar-refractivity contribution in [3.8, 4) is 0 Å². The van der Waals surface area contributed by atoms with E-state index in [1.54, 1.807) is 27.7 Å².